The lowest BCUT2D eigenvalue weighted by molar-refractivity contribution is 0.196. The number of aryl methyl sites for hydroxylation is 1. The van der Waals surface area contributed by atoms with E-state index in [1.807, 2.05) is 6.92 Å². The van der Waals surface area contributed by atoms with Crippen LogP contribution >= 0.6 is 11.8 Å². The molecule has 0 aromatic heterocycles. The minimum atomic E-state index is -0.281. The van der Waals surface area contributed by atoms with Crippen molar-refractivity contribution in [2.45, 2.75) is 63.5 Å². The van der Waals surface area contributed by atoms with Crippen molar-refractivity contribution in [1.29, 1.82) is 0 Å². The Kier molecular flexibility index (Phi) is 6.19. The van der Waals surface area contributed by atoms with Crippen molar-refractivity contribution >= 4 is 11.8 Å². The molecule has 0 aliphatic rings. The quantitative estimate of drug-likeness (QED) is 0.775. The number of hydrogen-bond acceptors (Lipinski definition) is 3. The second-order valence-corrected chi connectivity index (χ2v) is 6.62. The van der Waals surface area contributed by atoms with Gasteiger partial charge in [-0.15, -0.1) is 11.8 Å². The van der Waals surface area contributed by atoms with Crippen LogP contribution in [0.5, 0.6) is 0 Å². The molecule has 0 spiro atoms. The van der Waals surface area contributed by atoms with Crippen molar-refractivity contribution in [2.75, 3.05) is 0 Å². The summed E-state index contributed by atoms with van der Waals surface area (Å²) >= 11 is 1.74. The zero-order valence-electron chi connectivity index (χ0n) is 12.0. The molecule has 0 radical (unpaired) electrons. The summed E-state index contributed by atoms with van der Waals surface area (Å²) in [5, 5.41) is 13.2. The van der Waals surface area contributed by atoms with Crippen LogP contribution in [-0.2, 0) is 6.54 Å². The van der Waals surface area contributed by atoms with E-state index in [-0.39, 0.29) is 11.4 Å². The Morgan fingerprint density at radius 1 is 1.22 bits per heavy atom. The highest BCUT2D eigenvalue weighted by molar-refractivity contribution is 8.00. The topological polar surface area (TPSA) is 32.3 Å². The fourth-order valence-electron chi connectivity index (χ4n) is 1.57. The van der Waals surface area contributed by atoms with Gasteiger partial charge in [-0.25, -0.2) is 0 Å². The van der Waals surface area contributed by atoms with Crippen LogP contribution in [0.4, 0.5) is 0 Å². The van der Waals surface area contributed by atoms with Crippen LogP contribution in [-0.4, -0.2) is 22.5 Å². The van der Waals surface area contributed by atoms with Crippen LogP contribution < -0.4 is 5.32 Å². The van der Waals surface area contributed by atoms with Crippen molar-refractivity contribution in [2.24, 2.45) is 0 Å². The standard InChI is InChI=1S/C15H25NOS/c1-10(2)16-9-14-6-7-15(11(3)8-14)18-13(5)12(4)17/h6-8,10,12-13,16-17H,9H2,1-5H3. The second-order valence-electron chi connectivity index (χ2n) is 5.20. The zero-order valence-corrected chi connectivity index (χ0v) is 12.8. The summed E-state index contributed by atoms with van der Waals surface area (Å²) < 4.78 is 0. The third-order valence-corrected chi connectivity index (χ3v) is 4.42. The minimum absolute atomic E-state index is 0.225. The maximum absolute atomic E-state index is 9.54. The Hall–Kier alpha value is -0.510. The first-order valence-electron chi connectivity index (χ1n) is 6.57. The molecule has 1 aromatic carbocycles. The van der Waals surface area contributed by atoms with Gasteiger partial charge in [-0.1, -0.05) is 32.9 Å². The van der Waals surface area contributed by atoms with Gasteiger partial charge >= 0.3 is 0 Å². The Morgan fingerprint density at radius 3 is 2.39 bits per heavy atom. The maximum atomic E-state index is 9.54. The first-order chi connectivity index (χ1) is 8.40. The van der Waals surface area contributed by atoms with Crippen LogP contribution in [0.15, 0.2) is 23.1 Å². The van der Waals surface area contributed by atoms with Crippen molar-refractivity contribution < 1.29 is 5.11 Å². The number of aliphatic hydroxyl groups is 1. The molecule has 1 aromatic rings. The van der Waals surface area contributed by atoms with Crippen molar-refractivity contribution in [1.82, 2.24) is 5.32 Å². The molecule has 2 unspecified atom stereocenters. The van der Waals surface area contributed by atoms with Gasteiger partial charge in [-0.2, -0.15) is 0 Å². The van der Waals surface area contributed by atoms with Gasteiger partial charge in [0.2, 0.25) is 0 Å². The molecule has 2 nitrogen and oxygen atoms in total. The highest BCUT2D eigenvalue weighted by Crippen LogP contribution is 2.28. The average Bonchev–Trinajstić information content (AvgIpc) is 2.29. The molecule has 2 atom stereocenters. The highest BCUT2D eigenvalue weighted by atomic mass is 32.2. The van der Waals surface area contributed by atoms with Crippen molar-refractivity contribution in [3.05, 3.63) is 29.3 Å². The summed E-state index contributed by atoms with van der Waals surface area (Å²) in [5.41, 5.74) is 2.60. The number of thioether (sulfide) groups is 1. The molecule has 0 fully saturated rings. The first-order valence-corrected chi connectivity index (χ1v) is 7.45. The summed E-state index contributed by atoms with van der Waals surface area (Å²) in [6, 6.07) is 7.07. The van der Waals surface area contributed by atoms with Gasteiger partial charge in [0.15, 0.2) is 0 Å². The van der Waals surface area contributed by atoms with Gasteiger partial charge in [0.1, 0.15) is 0 Å². The van der Waals surface area contributed by atoms with E-state index >= 15 is 0 Å². The fraction of sp³-hybridized carbons (Fsp3) is 0.600. The Balaban J connectivity index is 2.67. The summed E-state index contributed by atoms with van der Waals surface area (Å²) in [5.74, 6) is 0. The predicted octanol–water partition coefficient (Wildman–Crippen LogP) is 3.35. The molecule has 1 rings (SSSR count). The minimum Gasteiger partial charge on any atom is -0.392 e. The monoisotopic (exact) mass is 267 g/mol. The lowest BCUT2D eigenvalue weighted by Gasteiger charge is -2.16. The molecule has 102 valence electrons. The molecule has 18 heavy (non-hydrogen) atoms. The summed E-state index contributed by atoms with van der Waals surface area (Å²) in [7, 11) is 0. The molecule has 3 heteroatoms. The normalized spacial score (nSPS) is 14.8. The average molecular weight is 267 g/mol. The van der Waals surface area contributed by atoms with E-state index in [1.54, 1.807) is 11.8 Å². The molecule has 0 saturated carbocycles. The van der Waals surface area contributed by atoms with Gasteiger partial charge in [-0.3, -0.25) is 0 Å². The Labute approximate surface area is 115 Å². The number of hydrogen-bond donors (Lipinski definition) is 2. The predicted molar refractivity (Wildman–Crippen MR) is 80.2 cm³/mol. The van der Waals surface area contributed by atoms with E-state index in [4.69, 9.17) is 0 Å². The molecule has 0 aliphatic heterocycles. The molecule has 0 saturated heterocycles. The van der Waals surface area contributed by atoms with Gasteiger partial charge < -0.3 is 10.4 Å². The van der Waals surface area contributed by atoms with Crippen LogP contribution in [0.25, 0.3) is 0 Å². The van der Waals surface area contributed by atoms with Gasteiger partial charge in [0.05, 0.1) is 6.10 Å². The van der Waals surface area contributed by atoms with Crippen molar-refractivity contribution in [3.63, 3.8) is 0 Å². The smallest absolute Gasteiger partial charge is 0.0631 e. The number of benzene rings is 1. The van der Waals surface area contributed by atoms with Crippen LogP contribution in [0.2, 0.25) is 0 Å². The molecule has 0 aliphatic carbocycles. The Bertz CT molecular complexity index is 377. The van der Waals surface area contributed by atoms with Crippen LogP contribution in [0.3, 0.4) is 0 Å². The van der Waals surface area contributed by atoms with Gasteiger partial charge in [0, 0.05) is 22.7 Å². The molecular formula is C15H25NOS. The molecular weight excluding hydrogens is 242 g/mol. The van der Waals surface area contributed by atoms with E-state index < -0.39 is 0 Å². The van der Waals surface area contributed by atoms with E-state index in [0.717, 1.165) is 6.54 Å². The van der Waals surface area contributed by atoms with Gasteiger partial charge in [-0.05, 0) is 31.0 Å². The maximum Gasteiger partial charge on any atom is 0.0631 e. The SMILES string of the molecule is Cc1cc(CNC(C)C)ccc1SC(C)C(C)O. The Morgan fingerprint density at radius 2 is 1.89 bits per heavy atom. The molecule has 0 bridgehead atoms. The third-order valence-electron chi connectivity index (χ3n) is 2.95. The van der Waals surface area contributed by atoms with E-state index in [1.165, 1.54) is 16.0 Å². The van der Waals surface area contributed by atoms with E-state index in [2.05, 4.69) is 51.2 Å². The molecule has 0 amide bonds. The molecule has 2 N–H and O–H groups in total. The lowest BCUT2D eigenvalue weighted by atomic mass is 10.1. The first kappa shape index (κ1) is 15.5. The number of aliphatic hydroxyl groups excluding tert-OH is 1. The van der Waals surface area contributed by atoms with Gasteiger partial charge in [0.25, 0.3) is 0 Å². The fourth-order valence-corrected chi connectivity index (χ4v) is 2.56. The van der Waals surface area contributed by atoms with Crippen LogP contribution in [0.1, 0.15) is 38.8 Å². The van der Waals surface area contributed by atoms with Crippen LogP contribution in [0, 0.1) is 6.92 Å². The zero-order chi connectivity index (χ0) is 13.7. The van der Waals surface area contributed by atoms with Crippen molar-refractivity contribution in [3.8, 4) is 0 Å². The molecule has 0 heterocycles. The third kappa shape index (κ3) is 5.01. The summed E-state index contributed by atoms with van der Waals surface area (Å²) in [4.78, 5) is 1.26. The number of rotatable bonds is 6. The summed E-state index contributed by atoms with van der Waals surface area (Å²) in [6.45, 7) is 11.3. The lowest BCUT2D eigenvalue weighted by Crippen LogP contribution is -2.21. The van der Waals surface area contributed by atoms with E-state index in [0.29, 0.717) is 6.04 Å². The largest absolute Gasteiger partial charge is 0.392 e. The second kappa shape index (κ2) is 7.17. The summed E-state index contributed by atoms with van der Waals surface area (Å²) in [6.07, 6.45) is -0.281. The van der Waals surface area contributed by atoms with E-state index in [9.17, 15) is 5.11 Å². The number of nitrogens with one attached hydrogen (secondary N) is 1. The highest BCUT2D eigenvalue weighted by Gasteiger charge is 2.11.